The van der Waals surface area contributed by atoms with Gasteiger partial charge in [-0.3, -0.25) is 4.79 Å². The Bertz CT molecular complexity index is 1120. The molecule has 2 aromatic carbocycles. The molecule has 0 spiro atoms. The molecular weight excluding hydrogens is 344 g/mol. The molecule has 1 amide bonds. The van der Waals surface area contributed by atoms with E-state index in [-0.39, 0.29) is 5.91 Å². The second-order valence-corrected chi connectivity index (χ2v) is 7.56. The first-order valence-corrected chi connectivity index (χ1v) is 9.82. The van der Waals surface area contributed by atoms with Crippen LogP contribution in [-0.4, -0.2) is 17.0 Å². The van der Waals surface area contributed by atoms with Gasteiger partial charge in [0, 0.05) is 34.8 Å². The molecule has 1 aromatic heterocycles. The van der Waals surface area contributed by atoms with Crippen molar-refractivity contribution in [2.75, 3.05) is 11.4 Å². The summed E-state index contributed by atoms with van der Waals surface area (Å²) in [6.07, 6.45) is 2.05. The third-order valence-electron chi connectivity index (χ3n) is 5.80. The highest BCUT2D eigenvalue weighted by Gasteiger charge is 2.31. The zero-order valence-electron chi connectivity index (χ0n) is 17.2. The monoisotopic (exact) mass is 370 g/mol. The highest BCUT2D eigenvalue weighted by Crippen LogP contribution is 2.38. The number of hydrogen-bond donors (Lipinski definition) is 0. The Morgan fingerprint density at radius 3 is 2.39 bits per heavy atom. The van der Waals surface area contributed by atoms with Gasteiger partial charge in [0.05, 0.1) is 5.69 Å². The van der Waals surface area contributed by atoms with Crippen LogP contribution in [0.1, 0.15) is 40.6 Å². The van der Waals surface area contributed by atoms with Crippen molar-refractivity contribution in [3.8, 4) is 5.69 Å². The van der Waals surface area contributed by atoms with Crippen molar-refractivity contribution in [2.45, 2.75) is 34.6 Å². The van der Waals surface area contributed by atoms with E-state index in [0.29, 0.717) is 6.54 Å². The second kappa shape index (κ2) is 6.83. The molecule has 0 fully saturated rings. The molecule has 0 aliphatic carbocycles. The van der Waals surface area contributed by atoms with Crippen molar-refractivity contribution < 1.29 is 4.79 Å². The third-order valence-corrected chi connectivity index (χ3v) is 5.80. The van der Waals surface area contributed by atoms with Gasteiger partial charge in [-0.2, -0.15) is 0 Å². The van der Waals surface area contributed by atoms with Crippen molar-refractivity contribution in [3.05, 3.63) is 82.2 Å². The van der Waals surface area contributed by atoms with Crippen LogP contribution in [0.4, 0.5) is 5.69 Å². The molecule has 0 radical (unpaired) electrons. The molecule has 0 atom stereocenters. The molecule has 3 heteroatoms. The average molecular weight is 370 g/mol. The molecule has 0 N–H and O–H groups in total. The SMILES string of the molecule is CCN1C(=O)/C(=C/c2cc(C)n(-c3ccc(C)c(C)c3)c2C)c2ccccc21. The summed E-state index contributed by atoms with van der Waals surface area (Å²) in [7, 11) is 0. The fourth-order valence-electron chi connectivity index (χ4n) is 4.11. The van der Waals surface area contributed by atoms with Crippen LogP contribution in [0.5, 0.6) is 0 Å². The first-order valence-electron chi connectivity index (χ1n) is 9.82. The van der Waals surface area contributed by atoms with E-state index in [4.69, 9.17) is 0 Å². The fourth-order valence-corrected chi connectivity index (χ4v) is 4.11. The van der Waals surface area contributed by atoms with Gasteiger partial charge >= 0.3 is 0 Å². The molecule has 2 heterocycles. The van der Waals surface area contributed by atoms with E-state index in [1.165, 1.54) is 16.8 Å². The summed E-state index contributed by atoms with van der Waals surface area (Å²) < 4.78 is 2.27. The topological polar surface area (TPSA) is 25.2 Å². The molecule has 0 saturated carbocycles. The lowest BCUT2D eigenvalue weighted by Gasteiger charge is -2.13. The predicted octanol–water partition coefficient (Wildman–Crippen LogP) is 5.62. The summed E-state index contributed by atoms with van der Waals surface area (Å²) in [5, 5.41) is 0. The Balaban J connectivity index is 1.84. The van der Waals surface area contributed by atoms with Crippen molar-refractivity contribution in [1.29, 1.82) is 0 Å². The van der Waals surface area contributed by atoms with Gasteiger partial charge in [0.25, 0.3) is 5.91 Å². The Hall–Kier alpha value is -3.07. The normalized spacial score (nSPS) is 14.8. The number of carbonyl (C=O) groups is 1. The highest BCUT2D eigenvalue weighted by atomic mass is 16.2. The first kappa shape index (κ1) is 18.3. The fraction of sp³-hybridized carbons (Fsp3) is 0.240. The van der Waals surface area contributed by atoms with E-state index in [1.807, 2.05) is 36.1 Å². The minimum Gasteiger partial charge on any atom is -0.318 e. The summed E-state index contributed by atoms with van der Waals surface area (Å²) in [5.41, 5.74) is 9.94. The molecule has 28 heavy (non-hydrogen) atoms. The van der Waals surface area contributed by atoms with Crippen molar-refractivity contribution in [3.63, 3.8) is 0 Å². The van der Waals surface area contributed by atoms with Crippen LogP contribution in [0.25, 0.3) is 17.3 Å². The van der Waals surface area contributed by atoms with Gasteiger partial charge in [-0.25, -0.2) is 0 Å². The summed E-state index contributed by atoms with van der Waals surface area (Å²) in [6.45, 7) is 11.2. The smallest absolute Gasteiger partial charge is 0.258 e. The lowest BCUT2D eigenvalue weighted by atomic mass is 10.0. The largest absolute Gasteiger partial charge is 0.318 e. The number of anilines is 1. The lowest BCUT2D eigenvalue weighted by Crippen LogP contribution is -2.25. The summed E-state index contributed by atoms with van der Waals surface area (Å²) >= 11 is 0. The van der Waals surface area contributed by atoms with Gasteiger partial charge in [-0.1, -0.05) is 24.3 Å². The van der Waals surface area contributed by atoms with Gasteiger partial charge in [-0.15, -0.1) is 0 Å². The van der Waals surface area contributed by atoms with Crippen LogP contribution < -0.4 is 4.90 Å². The van der Waals surface area contributed by atoms with E-state index in [2.05, 4.69) is 62.6 Å². The van der Waals surface area contributed by atoms with Gasteiger partial charge in [-0.05, 0) is 81.7 Å². The maximum absolute atomic E-state index is 13.0. The molecule has 1 aliphatic heterocycles. The standard InChI is InChI=1S/C25H26N2O/c1-6-26-24-10-8-7-9-22(24)23(25(26)28)15-20-14-18(4)27(19(20)5)21-12-11-16(2)17(3)13-21/h7-15H,6H2,1-5H3/b23-15+. The van der Waals surface area contributed by atoms with Crippen molar-refractivity contribution >= 4 is 23.2 Å². The number of carbonyl (C=O) groups excluding carboxylic acids is 1. The number of benzene rings is 2. The number of hydrogen-bond acceptors (Lipinski definition) is 1. The van der Waals surface area contributed by atoms with Gasteiger partial charge in [0.1, 0.15) is 0 Å². The molecule has 0 bridgehead atoms. The molecular formula is C25H26N2O. The second-order valence-electron chi connectivity index (χ2n) is 7.56. The van der Waals surface area contributed by atoms with Crippen molar-refractivity contribution in [1.82, 2.24) is 4.57 Å². The molecule has 1 aliphatic rings. The number of aryl methyl sites for hydroxylation is 3. The maximum Gasteiger partial charge on any atom is 0.258 e. The Kier molecular flexibility index (Phi) is 4.46. The Morgan fingerprint density at radius 1 is 0.929 bits per heavy atom. The predicted molar refractivity (Wildman–Crippen MR) is 117 cm³/mol. The number of fused-ring (bicyclic) bond motifs is 1. The van der Waals surface area contributed by atoms with Crippen LogP contribution in [0.2, 0.25) is 0 Å². The molecule has 4 rings (SSSR count). The van der Waals surface area contributed by atoms with E-state index in [0.717, 1.165) is 33.8 Å². The number of para-hydroxylation sites is 1. The van der Waals surface area contributed by atoms with Crippen molar-refractivity contribution in [2.24, 2.45) is 0 Å². The van der Waals surface area contributed by atoms with Crippen LogP contribution in [-0.2, 0) is 4.79 Å². The number of aromatic nitrogens is 1. The van der Waals surface area contributed by atoms with E-state index < -0.39 is 0 Å². The Morgan fingerprint density at radius 2 is 1.68 bits per heavy atom. The van der Waals surface area contributed by atoms with E-state index >= 15 is 0 Å². The molecule has 142 valence electrons. The van der Waals surface area contributed by atoms with E-state index in [9.17, 15) is 4.79 Å². The summed E-state index contributed by atoms with van der Waals surface area (Å²) in [4.78, 5) is 14.9. The lowest BCUT2D eigenvalue weighted by molar-refractivity contribution is -0.112. The first-order chi connectivity index (χ1) is 13.4. The summed E-state index contributed by atoms with van der Waals surface area (Å²) in [5.74, 6) is 0.0830. The summed E-state index contributed by atoms with van der Waals surface area (Å²) in [6, 6.07) is 16.8. The Labute approximate surface area is 166 Å². The molecule has 0 saturated heterocycles. The van der Waals surface area contributed by atoms with Gasteiger partial charge in [0.15, 0.2) is 0 Å². The number of amides is 1. The number of nitrogens with zero attached hydrogens (tertiary/aromatic N) is 2. The van der Waals surface area contributed by atoms with Crippen LogP contribution in [0, 0.1) is 27.7 Å². The molecule has 0 unspecified atom stereocenters. The average Bonchev–Trinajstić information content (AvgIpc) is 3.11. The minimum absolute atomic E-state index is 0.0830. The maximum atomic E-state index is 13.0. The van der Waals surface area contributed by atoms with Crippen LogP contribution in [0.3, 0.4) is 0 Å². The quantitative estimate of drug-likeness (QED) is 0.550. The molecule has 3 aromatic rings. The third kappa shape index (κ3) is 2.78. The highest BCUT2D eigenvalue weighted by molar-refractivity contribution is 6.35. The van der Waals surface area contributed by atoms with Gasteiger partial charge < -0.3 is 9.47 Å². The zero-order valence-corrected chi connectivity index (χ0v) is 17.2. The van der Waals surface area contributed by atoms with Crippen LogP contribution >= 0.6 is 0 Å². The van der Waals surface area contributed by atoms with Gasteiger partial charge in [0.2, 0.25) is 0 Å². The zero-order chi connectivity index (χ0) is 20.0. The van der Waals surface area contributed by atoms with Crippen LogP contribution in [0.15, 0.2) is 48.5 Å². The minimum atomic E-state index is 0.0830. The number of rotatable bonds is 3. The molecule has 3 nitrogen and oxygen atoms in total. The van der Waals surface area contributed by atoms with E-state index in [1.54, 1.807) is 0 Å². The number of likely N-dealkylation sites (N-methyl/N-ethyl adjacent to an activating group) is 1.